The van der Waals surface area contributed by atoms with Gasteiger partial charge in [-0.05, 0) is 30.7 Å². The lowest BCUT2D eigenvalue weighted by Crippen LogP contribution is -2.57. The second-order valence-corrected chi connectivity index (χ2v) is 9.78. The molecule has 2 aromatic carbocycles. The Balaban J connectivity index is 1.18. The molecule has 1 amide bonds. The molecular weight excluding hydrogens is 496 g/mol. The third-order valence-electron chi connectivity index (χ3n) is 7.33. The van der Waals surface area contributed by atoms with Crippen LogP contribution in [0.25, 0.3) is 11.1 Å². The van der Waals surface area contributed by atoms with Crippen LogP contribution in [-0.4, -0.2) is 63.6 Å². The van der Waals surface area contributed by atoms with Crippen LogP contribution in [0.4, 0.5) is 17.3 Å². The number of piperazine rings is 1. The molecule has 39 heavy (non-hydrogen) atoms. The van der Waals surface area contributed by atoms with Gasteiger partial charge in [0.05, 0.1) is 24.1 Å². The second-order valence-electron chi connectivity index (χ2n) is 9.78. The van der Waals surface area contributed by atoms with Crippen molar-refractivity contribution in [3.63, 3.8) is 0 Å². The van der Waals surface area contributed by atoms with Gasteiger partial charge in [-0.25, -0.2) is 9.97 Å². The maximum absolute atomic E-state index is 13.3. The number of benzene rings is 2. The molecule has 2 N–H and O–H groups in total. The highest BCUT2D eigenvalue weighted by atomic mass is 16.5. The number of fused-ring (bicyclic) bond motifs is 3. The Hall–Kier alpha value is -4.86. The second kappa shape index (κ2) is 9.79. The molecule has 10 nitrogen and oxygen atoms in total. The molecule has 0 radical (unpaired) electrons. The molecule has 0 bridgehead atoms. The van der Waals surface area contributed by atoms with E-state index in [1.807, 2.05) is 49.4 Å². The number of aromatic nitrogens is 3. The van der Waals surface area contributed by atoms with Crippen LogP contribution >= 0.6 is 0 Å². The van der Waals surface area contributed by atoms with Gasteiger partial charge in [0.15, 0.2) is 5.75 Å². The number of carbonyl (C=O) groups is 2. The predicted octanol–water partition coefficient (Wildman–Crippen LogP) is 3.41. The highest BCUT2D eigenvalue weighted by Gasteiger charge is 2.34. The van der Waals surface area contributed by atoms with Gasteiger partial charge in [-0.1, -0.05) is 30.3 Å². The number of amides is 1. The minimum absolute atomic E-state index is 0.0345. The van der Waals surface area contributed by atoms with E-state index in [1.54, 1.807) is 23.7 Å². The average molecular weight is 525 g/mol. The molecule has 198 valence electrons. The molecule has 4 heterocycles. The molecule has 1 fully saturated rings. The highest BCUT2D eigenvalue weighted by Crippen LogP contribution is 2.38. The number of nitrogens with zero attached hydrogens (tertiary/aromatic N) is 5. The maximum Gasteiger partial charge on any atom is 0.298 e. The normalized spacial score (nSPS) is 16.2. The van der Waals surface area contributed by atoms with E-state index in [2.05, 4.69) is 25.1 Å². The molecule has 0 saturated carbocycles. The minimum atomic E-state index is -0.704. The zero-order chi connectivity index (χ0) is 27.1. The Morgan fingerprint density at radius 2 is 1.82 bits per heavy atom. The van der Waals surface area contributed by atoms with E-state index in [9.17, 15) is 14.7 Å². The van der Waals surface area contributed by atoms with E-state index < -0.39 is 11.7 Å². The first-order chi connectivity index (χ1) is 18.9. The number of rotatable bonds is 5. The van der Waals surface area contributed by atoms with Crippen LogP contribution in [0.2, 0.25) is 0 Å². The summed E-state index contributed by atoms with van der Waals surface area (Å²) >= 11 is 0. The minimum Gasteiger partial charge on any atom is -0.505 e. The molecule has 2 aromatic heterocycles. The first kappa shape index (κ1) is 24.5. The van der Waals surface area contributed by atoms with Crippen LogP contribution < -0.4 is 19.9 Å². The first-order valence-electron chi connectivity index (χ1n) is 12.8. The summed E-state index contributed by atoms with van der Waals surface area (Å²) in [6, 6.07) is 17.1. The fourth-order valence-electron chi connectivity index (χ4n) is 5.24. The molecule has 4 aromatic rings. The monoisotopic (exact) mass is 524 g/mol. The predicted molar refractivity (Wildman–Crippen MR) is 148 cm³/mol. The van der Waals surface area contributed by atoms with Gasteiger partial charge in [0.2, 0.25) is 5.95 Å². The van der Waals surface area contributed by atoms with Crippen LogP contribution in [0.15, 0.2) is 67.0 Å². The molecule has 0 spiro atoms. The lowest BCUT2D eigenvalue weighted by Gasteiger charge is -2.45. The summed E-state index contributed by atoms with van der Waals surface area (Å²) in [7, 11) is 1.79. The SMILES string of the molecule is Cc1cc(-c2ccccc2)c(C(=O)C(=O)Nc2ccc3c(c2)OCC2CN(c4ncc(O)cn4)CCN32)n1C. The van der Waals surface area contributed by atoms with Crippen molar-refractivity contribution in [3.8, 4) is 22.6 Å². The Kier molecular flexibility index (Phi) is 6.14. The lowest BCUT2D eigenvalue weighted by atomic mass is 10.0. The standard InChI is InChI=1S/C29H28N6O4/c1-18-12-23(19-6-4-3-5-7-19)26(33(18)2)27(37)28(38)32-20-8-9-24-25(13-20)39-17-21-16-34(10-11-35(21)24)29-30-14-22(36)15-31-29/h3-9,12-15,21,36H,10-11,16-17H2,1-2H3,(H,32,38). The fraction of sp³-hybridized carbons (Fsp3) is 0.241. The first-order valence-corrected chi connectivity index (χ1v) is 12.8. The zero-order valence-electron chi connectivity index (χ0n) is 21.7. The van der Waals surface area contributed by atoms with Crippen molar-refractivity contribution >= 4 is 29.0 Å². The summed E-state index contributed by atoms with van der Waals surface area (Å²) in [5, 5.41) is 12.2. The number of hydrogen-bond acceptors (Lipinski definition) is 8. The number of Topliss-reactive ketones (excluding diaryl/α,β-unsaturated/α-hetero) is 1. The summed E-state index contributed by atoms with van der Waals surface area (Å²) in [6.45, 7) is 4.50. The molecular formula is C29H28N6O4. The smallest absolute Gasteiger partial charge is 0.298 e. The molecule has 1 atom stereocenters. The highest BCUT2D eigenvalue weighted by molar-refractivity contribution is 6.47. The molecule has 2 aliphatic rings. The fourth-order valence-corrected chi connectivity index (χ4v) is 5.24. The number of nitrogens with one attached hydrogen (secondary N) is 1. The molecule has 1 unspecified atom stereocenters. The Labute approximate surface area is 225 Å². The van der Waals surface area contributed by atoms with Gasteiger partial charge in [-0.15, -0.1) is 0 Å². The average Bonchev–Trinajstić information content (AvgIpc) is 3.26. The molecule has 1 saturated heterocycles. The Morgan fingerprint density at radius 3 is 2.59 bits per heavy atom. The largest absolute Gasteiger partial charge is 0.505 e. The summed E-state index contributed by atoms with van der Waals surface area (Å²) in [5.74, 6) is -0.0390. The van der Waals surface area contributed by atoms with E-state index in [-0.39, 0.29) is 11.8 Å². The number of carbonyl (C=O) groups excluding carboxylic acids is 2. The van der Waals surface area contributed by atoms with E-state index in [4.69, 9.17) is 4.74 Å². The van der Waals surface area contributed by atoms with Gasteiger partial charge < -0.3 is 29.5 Å². The van der Waals surface area contributed by atoms with Crippen molar-refractivity contribution in [3.05, 3.63) is 78.4 Å². The van der Waals surface area contributed by atoms with Gasteiger partial charge in [0.25, 0.3) is 11.7 Å². The summed E-state index contributed by atoms with van der Waals surface area (Å²) in [6.07, 6.45) is 2.78. The topological polar surface area (TPSA) is 113 Å². The van der Waals surface area contributed by atoms with Gasteiger partial charge >= 0.3 is 0 Å². The van der Waals surface area contributed by atoms with Gasteiger partial charge in [0, 0.05) is 49.7 Å². The van der Waals surface area contributed by atoms with Gasteiger partial charge in [-0.2, -0.15) is 0 Å². The number of hydrogen-bond donors (Lipinski definition) is 2. The van der Waals surface area contributed by atoms with Crippen molar-refractivity contribution in [2.45, 2.75) is 13.0 Å². The van der Waals surface area contributed by atoms with E-state index >= 15 is 0 Å². The molecule has 10 heteroatoms. The molecule has 2 aliphatic heterocycles. The number of aryl methyl sites for hydroxylation is 1. The van der Waals surface area contributed by atoms with Crippen molar-refractivity contribution in [2.24, 2.45) is 7.05 Å². The summed E-state index contributed by atoms with van der Waals surface area (Å²) in [5.41, 5.74) is 4.28. The molecule has 6 rings (SSSR count). The van der Waals surface area contributed by atoms with E-state index in [0.29, 0.717) is 42.8 Å². The van der Waals surface area contributed by atoms with Crippen molar-refractivity contribution in [2.75, 3.05) is 41.4 Å². The van der Waals surface area contributed by atoms with Gasteiger partial charge in [-0.3, -0.25) is 9.59 Å². The van der Waals surface area contributed by atoms with Crippen LogP contribution in [0, 0.1) is 6.92 Å². The quantitative estimate of drug-likeness (QED) is 0.302. The summed E-state index contributed by atoms with van der Waals surface area (Å²) < 4.78 is 7.83. The van der Waals surface area contributed by atoms with Gasteiger partial charge in [0.1, 0.15) is 18.1 Å². The van der Waals surface area contributed by atoms with Crippen molar-refractivity contribution in [1.29, 1.82) is 0 Å². The van der Waals surface area contributed by atoms with Crippen LogP contribution in [-0.2, 0) is 11.8 Å². The van der Waals surface area contributed by atoms with Crippen LogP contribution in [0.3, 0.4) is 0 Å². The Morgan fingerprint density at radius 1 is 1.05 bits per heavy atom. The number of ketones is 1. The summed E-state index contributed by atoms with van der Waals surface area (Å²) in [4.78, 5) is 39.2. The third kappa shape index (κ3) is 4.54. The third-order valence-corrected chi connectivity index (χ3v) is 7.33. The number of aromatic hydroxyl groups is 1. The number of ether oxygens (including phenoxy) is 1. The lowest BCUT2D eigenvalue weighted by molar-refractivity contribution is -0.112. The number of anilines is 3. The van der Waals surface area contributed by atoms with Crippen LogP contribution in [0.1, 0.15) is 16.2 Å². The van der Waals surface area contributed by atoms with Crippen molar-refractivity contribution < 1.29 is 19.4 Å². The van der Waals surface area contributed by atoms with E-state index in [1.165, 1.54) is 12.4 Å². The van der Waals surface area contributed by atoms with Crippen LogP contribution in [0.5, 0.6) is 11.5 Å². The zero-order valence-corrected chi connectivity index (χ0v) is 21.7. The maximum atomic E-state index is 13.3. The Bertz CT molecular complexity index is 1550. The van der Waals surface area contributed by atoms with Crippen molar-refractivity contribution in [1.82, 2.24) is 14.5 Å². The van der Waals surface area contributed by atoms with E-state index in [0.717, 1.165) is 29.1 Å². The molecule has 0 aliphatic carbocycles.